The molecule has 0 aliphatic carbocycles. The van der Waals surface area contributed by atoms with Gasteiger partial charge in [0.05, 0.1) is 43.2 Å². The van der Waals surface area contributed by atoms with Gasteiger partial charge in [-0.1, -0.05) is 37.2 Å². The van der Waals surface area contributed by atoms with Crippen LogP contribution < -0.4 is 15.4 Å². The fraction of sp³-hybridized carbons (Fsp3) is 0.448. The van der Waals surface area contributed by atoms with Gasteiger partial charge in [0.2, 0.25) is 5.91 Å². The summed E-state index contributed by atoms with van der Waals surface area (Å²) < 4.78 is 17.5. The number of hydrogen-bond donors (Lipinski definition) is 2. The summed E-state index contributed by atoms with van der Waals surface area (Å²) in [4.78, 5) is 51.6. The fourth-order valence-corrected chi connectivity index (χ4v) is 6.02. The largest absolute Gasteiger partial charge is 0.496 e. The van der Waals surface area contributed by atoms with Gasteiger partial charge in [0, 0.05) is 6.54 Å². The number of rotatable bonds is 15. The predicted octanol–water partition coefficient (Wildman–Crippen LogP) is 4.86. The first-order valence-corrected chi connectivity index (χ1v) is 15.6. The van der Waals surface area contributed by atoms with Crippen LogP contribution in [0.2, 0.25) is 0 Å². The quantitative estimate of drug-likeness (QED) is 0.176. The van der Waals surface area contributed by atoms with Crippen LogP contribution in [0.4, 0.5) is 5.00 Å². The van der Waals surface area contributed by atoms with E-state index in [1.54, 1.807) is 52.0 Å². The summed E-state index contributed by atoms with van der Waals surface area (Å²) in [6, 6.07) is 6.93. The van der Waals surface area contributed by atoms with Crippen molar-refractivity contribution in [3.8, 4) is 5.75 Å². The van der Waals surface area contributed by atoms with E-state index in [9.17, 15) is 19.2 Å². The van der Waals surface area contributed by atoms with Crippen LogP contribution in [0, 0.1) is 6.92 Å². The van der Waals surface area contributed by atoms with Crippen LogP contribution in [0.5, 0.6) is 5.75 Å². The molecule has 0 fully saturated rings. The van der Waals surface area contributed by atoms with Crippen molar-refractivity contribution in [3.05, 3.63) is 51.7 Å². The minimum Gasteiger partial charge on any atom is -0.496 e. The van der Waals surface area contributed by atoms with Crippen molar-refractivity contribution < 1.29 is 33.4 Å². The van der Waals surface area contributed by atoms with Crippen LogP contribution >= 0.6 is 23.1 Å². The number of benzene rings is 1. The molecule has 3 aromatic rings. The molecule has 1 aromatic carbocycles. The summed E-state index contributed by atoms with van der Waals surface area (Å²) in [6.45, 7) is 9.78. The van der Waals surface area contributed by atoms with E-state index in [1.807, 2.05) is 4.57 Å². The molecule has 0 aliphatic heterocycles. The zero-order chi connectivity index (χ0) is 31.5. The molecule has 3 rings (SSSR count). The van der Waals surface area contributed by atoms with E-state index in [1.165, 1.54) is 18.9 Å². The number of nitrogens with zero attached hydrogens (tertiary/aromatic N) is 3. The lowest BCUT2D eigenvalue weighted by molar-refractivity contribution is -0.115. The summed E-state index contributed by atoms with van der Waals surface area (Å²) in [5.41, 5.74) is 0.915. The summed E-state index contributed by atoms with van der Waals surface area (Å²) in [6.07, 6.45) is 1.76. The topological polar surface area (TPSA) is 151 Å². The van der Waals surface area contributed by atoms with Gasteiger partial charge in [0.25, 0.3) is 5.91 Å². The molecule has 232 valence electrons. The van der Waals surface area contributed by atoms with Gasteiger partial charge in [0.1, 0.15) is 15.6 Å². The Morgan fingerprint density at radius 2 is 1.74 bits per heavy atom. The number of para-hydroxylation sites is 1. The molecule has 0 radical (unpaired) electrons. The Hall–Kier alpha value is -3.91. The van der Waals surface area contributed by atoms with Gasteiger partial charge in [-0.15, -0.1) is 21.5 Å². The Morgan fingerprint density at radius 1 is 1.05 bits per heavy atom. The van der Waals surface area contributed by atoms with E-state index in [0.717, 1.165) is 24.2 Å². The molecule has 2 heterocycles. The van der Waals surface area contributed by atoms with E-state index in [4.69, 9.17) is 14.2 Å². The number of carbonyl (C=O) groups is 4. The summed E-state index contributed by atoms with van der Waals surface area (Å²) in [5.74, 6) is -0.915. The number of anilines is 1. The standard InChI is InChI=1S/C29H37N5O7S2/c1-7-10-15-34-21(16-30-25(36)19-13-11-12-14-20(19)39-6)32-33-29(34)42-18(5)24(35)31-26-22(27(37)40-8-2)17(4)23(43-26)28(38)41-9-3/h11-14,18H,7-10,15-16H2,1-6H3,(H,30,36)(H,31,35)/t18-/m1/s1. The lowest BCUT2D eigenvalue weighted by Crippen LogP contribution is -2.26. The molecule has 0 saturated carbocycles. The van der Waals surface area contributed by atoms with Crippen LogP contribution in [0.25, 0.3) is 0 Å². The first kappa shape index (κ1) is 33.6. The highest BCUT2D eigenvalue weighted by Gasteiger charge is 2.29. The minimum atomic E-state index is -0.649. The molecule has 1 atom stereocenters. The van der Waals surface area contributed by atoms with Gasteiger partial charge in [-0.25, -0.2) is 9.59 Å². The molecule has 0 aliphatic rings. The van der Waals surface area contributed by atoms with Crippen LogP contribution in [-0.4, -0.2) is 64.1 Å². The molecule has 2 aromatic heterocycles. The SMILES string of the molecule is CCCCn1c(CNC(=O)c2ccccc2OC)nnc1S[C@H](C)C(=O)Nc1sc(C(=O)OCC)c(C)c1C(=O)OCC. The Bertz CT molecular complexity index is 1450. The number of esters is 2. The highest BCUT2D eigenvalue weighted by Crippen LogP contribution is 2.35. The number of thioether (sulfide) groups is 1. The van der Waals surface area contributed by atoms with Crippen molar-refractivity contribution in [3.63, 3.8) is 0 Å². The molecule has 14 heteroatoms. The summed E-state index contributed by atoms with van der Waals surface area (Å²) in [5, 5.41) is 14.3. The van der Waals surface area contributed by atoms with Crippen molar-refractivity contribution in [1.82, 2.24) is 20.1 Å². The molecular weight excluding hydrogens is 594 g/mol. The van der Waals surface area contributed by atoms with E-state index in [2.05, 4.69) is 27.8 Å². The van der Waals surface area contributed by atoms with Crippen LogP contribution in [-0.2, 0) is 27.4 Å². The predicted molar refractivity (Wildman–Crippen MR) is 164 cm³/mol. The van der Waals surface area contributed by atoms with Gasteiger partial charge >= 0.3 is 11.9 Å². The summed E-state index contributed by atoms with van der Waals surface area (Å²) >= 11 is 2.17. The van der Waals surface area contributed by atoms with Gasteiger partial charge in [-0.05, 0) is 51.8 Å². The monoisotopic (exact) mass is 631 g/mol. The Balaban J connectivity index is 1.78. The third kappa shape index (κ3) is 8.35. The van der Waals surface area contributed by atoms with Crippen LogP contribution in [0.15, 0.2) is 29.4 Å². The average molecular weight is 632 g/mol. The Labute approximate surface area is 258 Å². The number of ether oxygens (including phenoxy) is 3. The first-order valence-electron chi connectivity index (χ1n) is 13.9. The third-order valence-corrected chi connectivity index (χ3v) is 8.53. The lowest BCUT2D eigenvalue weighted by Gasteiger charge is -2.14. The number of aromatic nitrogens is 3. The van der Waals surface area contributed by atoms with Gasteiger partial charge in [-0.3, -0.25) is 9.59 Å². The number of carbonyl (C=O) groups excluding carboxylic acids is 4. The number of thiophene rings is 1. The van der Waals surface area contributed by atoms with Crippen molar-refractivity contribution in [2.75, 3.05) is 25.6 Å². The minimum absolute atomic E-state index is 0.125. The van der Waals surface area contributed by atoms with Crippen molar-refractivity contribution in [1.29, 1.82) is 0 Å². The molecule has 0 spiro atoms. The maximum Gasteiger partial charge on any atom is 0.348 e. The molecule has 2 amide bonds. The van der Waals surface area contributed by atoms with Gasteiger partial charge in [0.15, 0.2) is 11.0 Å². The van der Waals surface area contributed by atoms with Gasteiger partial charge in [-0.2, -0.15) is 0 Å². The van der Waals surface area contributed by atoms with Crippen LogP contribution in [0.1, 0.15) is 82.3 Å². The van der Waals surface area contributed by atoms with Crippen molar-refractivity contribution in [2.24, 2.45) is 0 Å². The second kappa shape index (κ2) is 16.1. The van der Waals surface area contributed by atoms with E-state index < -0.39 is 23.1 Å². The van der Waals surface area contributed by atoms with E-state index >= 15 is 0 Å². The molecular formula is C29H37N5O7S2. The number of nitrogens with one attached hydrogen (secondary N) is 2. The number of hydrogen-bond acceptors (Lipinski definition) is 11. The van der Waals surface area contributed by atoms with Crippen LogP contribution in [0.3, 0.4) is 0 Å². The maximum absolute atomic E-state index is 13.3. The van der Waals surface area contributed by atoms with Crippen molar-refractivity contribution >= 4 is 51.9 Å². The number of unbranched alkanes of at least 4 members (excludes halogenated alkanes) is 1. The molecule has 0 saturated heterocycles. The Morgan fingerprint density at radius 3 is 2.42 bits per heavy atom. The Kier molecular flexibility index (Phi) is 12.6. The highest BCUT2D eigenvalue weighted by molar-refractivity contribution is 8.00. The molecule has 0 unspecified atom stereocenters. The zero-order valence-corrected chi connectivity index (χ0v) is 26.8. The maximum atomic E-state index is 13.3. The van der Waals surface area contributed by atoms with Gasteiger partial charge < -0.3 is 29.4 Å². The lowest BCUT2D eigenvalue weighted by atomic mass is 10.1. The normalized spacial score (nSPS) is 11.5. The first-order chi connectivity index (χ1) is 20.7. The second-order valence-electron chi connectivity index (χ2n) is 9.24. The molecule has 2 N–H and O–H groups in total. The van der Waals surface area contributed by atoms with E-state index in [0.29, 0.717) is 34.4 Å². The smallest absolute Gasteiger partial charge is 0.348 e. The van der Waals surface area contributed by atoms with E-state index in [-0.39, 0.29) is 41.1 Å². The number of methoxy groups -OCH3 is 1. The second-order valence-corrected chi connectivity index (χ2v) is 11.6. The average Bonchev–Trinajstić information content (AvgIpc) is 3.53. The highest BCUT2D eigenvalue weighted by atomic mass is 32.2. The third-order valence-electron chi connectivity index (χ3n) is 6.26. The number of amides is 2. The van der Waals surface area contributed by atoms with Crippen molar-refractivity contribution in [2.45, 2.75) is 71.0 Å². The summed E-state index contributed by atoms with van der Waals surface area (Å²) in [7, 11) is 1.50. The molecule has 43 heavy (non-hydrogen) atoms. The molecule has 12 nitrogen and oxygen atoms in total. The zero-order valence-electron chi connectivity index (χ0n) is 25.1. The fourth-order valence-electron chi connectivity index (χ4n) is 4.03. The molecule has 0 bridgehead atoms.